The molecule has 20 heavy (non-hydrogen) atoms. The zero-order valence-electron chi connectivity index (χ0n) is 11.6. The van der Waals surface area contributed by atoms with E-state index in [9.17, 15) is 13.9 Å². The van der Waals surface area contributed by atoms with Crippen molar-refractivity contribution < 1.29 is 18.6 Å². The first-order chi connectivity index (χ1) is 9.56. The zero-order chi connectivity index (χ0) is 14.5. The van der Waals surface area contributed by atoms with Crippen molar-refractivity contribution in [3.05, 3.63) is 29.8 Å². The van der Waals surface area contributed by atoms with Crippen LogP contribution in [0, 0.1) is 5.92 Å². The molecule has 0 amide bonds. The lowest BCUT2D eigenvalue weighted by Crippen LogP contribution is -2.29. The Morgan fingerprint density at radius 2 is 2.00 bits per heavy atom. The summed E-state index contributed by atoms with van der Waals surface area (Å²) in [5.74, 6) is 0.487. The Morgan fingerprint density at radius 1 is 1.30 bits per heavy atom. The first-order valence-corrected chi connectivity index (χ1v) is 7.02. The molecule has 3 nitrogen and oxygen atoms in total. The Bertz CT molecular complexity index is 411. The molecule has 1 saturated carbocycles. The van der Waals surface area contributed by atoms with Crippen LogP contribution in [-0.2, 0) is 0 Å². The third kappa shape index (κ3) is 4.15. The normalized spacial score (nSPS) is 24.1. The quantitative estimate of drug-likeness (QED) is 0.844. The molecule has 5 heteroatoms. The highest BCUT2D eigenvalue weighted by molar-refractivity contribution is 5.28. The smallest absolute Gasteiger partial charge is 0.387 e. The second-order valence-electron chi connectivity index (χ2n) is 5.34. The molecule has 3 atom stereocenters. The summed E-state index contributed by atoms with van der Waals surface area (Å²) in [5, 5.41) is 13.1. The molecule has 1 aliphatic rings. The fraction of sp³-hybridized carbons (Fsp3) is 0.600. The van der Waals surface area contributed by atoms with Crippen molar-refractivity contribution in [1.29, 1.82) is 0 Å². The summed E-state index contributed by atoms with van der Waals surface area (Å²) >= 11 is 0. The van der Waals surface area contributed by atoms with Crippen LogP contribution in [0.1, 0.15) is 37.8 Å². The lowest BCUT2D eigenvalue weighted by molar-refractivity contribution is -0.0498. The summed E-state index contributed by atoms with van der Waals surface area (Å²) in [6.45, 7) is 0.00215. The van der Waals surface area contributed by atoms with E-state index in [1.54, 1.807) is 24.3 Å². The lowest BCUT2D eigenvalue weighted by Gasteiger charge is -2.20. The van der Waals surface area contributed by atoms with E-state index in [4.69, 9.17) is 0 Å². The van der Waals surface area contributed by atoms with E-state index in [0.717, 1.165) is 31.4 Å². The average molecular weight is 285 g/mol. The Balaban J connectivity index is 1.84. The number of hydrogen-bond acceptors (Lipinski definition) is 3. The van der Waals surface area contributed by atoms with Gasteiger partial charge in [0, 0.05) is 12.6 Å². The second-order valence-corrected chi connectivity index (χ2v) is 5.34. The molecule has 0 saturated heterocycles. The maximum absolute atomic E-state index is 12.1. The number of alkyl halides is 2. The van der Waals surface area contributed by atoms with Crippen LogP contribution < -0.4 is 10.1 Å². The summed E-state index contributed by atoms with van der Waals surface area (Å²) in [4.78, 5) is 0. The fourth-order valence-electron chi connectivity index (χ4n) is 2.64. The van der Waals surface area contributed by atoms with Crippen molar-refractivity contribution in [3.63, 3.8) is 0 Å². The highest BCUT2D eigenvalue weighted by Gasteiger charge is 2.25. The van der Waals surface area contributed by atoms with Gasteiger partial charge in [0.05, 0.1) is 6.10 Å². The maximum Gasteiger partial charge on any atom is 0.387 e. The van der Waals surface area contributed by atoms with E-state index >= 15 is 0 Å². The molecule has 1 aromatic carbocycles. The van der Waals surface area contributed by atoms with E-state index in [1.165, 1.54) is 0 Å². The number of nitrogens with one attached hydrogen (secondary N) is 1. The van der Waals surface area contributed by atoms with Crippen LogP contribution in [0.25, 0.3) is 0 Å². The number of hydrogen-bond donors (Lipinski definition) is 2. The topological polar surface area (TPSA) is 41.5 Å². The Morgan fingerprint density at radius 3 is 2.55 bits per heavy atom. The third-order valence-electron chi connectivity index (χ3n) is 3.91. The van der Waals surface area contributed by atoms with Crippen molar-refractivity contribution in [1.82, 2.24) is 5.32 Å². The van der Waals surface area contributed by atoms with Gasteiger partial charge in [-0.2, -0.15) is 8.78 Å². The van der Waals surface area contributed by atoms with E-state index in [1.807, 2.05) is 6.92 Å². The van der Waals surface area contributed by atoms with Crippen LogP contribution in [0.15, 0.2) is 24.3 Å². The summed E-state index contributed by atoms with van der Waals surface area (Å²) < 4.78 is 28.4. The van der Waals surface area contributed by atoms with Crippen molar-refractivity contribution >= 4 is 0 Å². The second kappa shape index (κ2) is 6.99. The molecule has 1 fully saturated rings. The number of ether oxygens (including phenoxy) is 1. The largest absolute Gasteiger partial charge is 0.435 e. The molecular formula is C15H21F2NO2. The van der Waals surface area contributed by atoms with Gasteiger partial charge in [-0.15, -0.1) is 0 Å². The predicted octanol–water partition coefficient (Wildman–Crippen LogP) is 3.10. The Labute approximate surface area is 117 Å². The summed E-state index contributed by atoms with van der Waals surface area (Å²) in [7, 11) is 0. The van der Waals surface area contributed by atoms with E-state index < -0.39 is 6.61 Å². The molecule has 1 aliphatic carbocycles. The zero-order valence-corrected chi connectivity index (χ0v) is 11.6. The summed E-state index contributed by atoms with van der Waals surface area (Å²) in [5.41, 5.74) is 1.01. The highest BCUT2D eigenvalue weighted by Crippen LogP contribution is 2.26. The monoisotopic (exact) mass is 285 g/mol. The maximum atomic E-state index is 12.1. The van der Waals surface area contributed by atoms with Crippen LogP contribution in [0.3, 0.4) is 0 Å². The minimum atomic E-state index is -2.79. The number of aliphatic hydroxyl groups excluding tert-OH is 1. The number of benzene rings is 1. The van der Waals surface area contributed by atoms with Gasteiger partial charge in [0.2, 0.25) is 0 Å². The minimum Gasteiger partial charge on any atom is -0.435 e. The van der Waals surface area contributed by atoms with Gasteiger partial charge in [-0.3, -0.25) is 0 Å². The standard InChI is InChI=1S/C15H21F2NO2/c1-10(18-9-12-3-2-4-14(12)19)11-5-7-13(8-6-11)20-15(16)17/h5-8,10,12,14-15,18-19H,2-4,9H2,1H3. The van der Waals surface area contributed by atoms with Crippen molar-refractivity contribution in [2.24, 2.45) is 5.92 Å². The molecule has 2 rings (SSSR count). The third-order valence-corrected chi connectivity index (χ3v) is 3.91. The molecule has 0 spiro atoms. The molecule has 0 aromatic heterocycles. The van der Waals surface area contributed by atoms with Gasteiger partial charge in [0.1, 0.15) is 5.75 Å². The summed E-state index contributed by atoms with van der Waals surface area (Å²) in [6.07, 6.45) is 2.83. The van der Waals surface area contributed by atoms with Gasteiger partial charge >= 0.3 is 6.61 Å². The molecule has 0 bridgehead atoms. The van der Waals surface area contributed by atoms with Crippen LogP contribution in [0.5, 0.6) is 5.75 Å². The molecule has 3 unspecified atom stereocenters. The van der Waals surface area contributed by atoms with Crippen LogP contribution >= 0.6 is 0 Å². The van der Waals surface area contributed by atoms with Crippen molar-refractivity contribution in [2.75, 3.05) is 6.54 Å². The first kappa shape index (κ1) is 15.2. The molecule has 2 N–H and O–H groups in total. The number of halogens is 2. The molecular weight excluding hydrogens is 264 g/mol. The van der Waals surface area contributed by atoms with Gasteiger partial charge in [-0.1, -0.05) is 18.6 Å². The SMILES string of the molecule is CC(NCC1CCCC1O)c1ccc(OC(F)F)cc1. The van der Waals surface area contributed by atoms with Crippen molar-refractivity contribution in [2.45, 2.75) is 44.9 Å². The predicted molar refractivity (Wildman–Crippen MR) is 72.8 cm³/mol. The van der Waals surface area contributed by atoms with Gasteiger partial charge in [-0.25, -0.2) is 0 Å². The Kier molecular flexibility index (Phi) is 5.31. The molecule has 0 heterocycles. The average Bonchev–Trinajstić information content (AvgIpc) is 2.82. The van der Waals surface area contributed by atoms with Crippen molar-refractivity contribution in [3.8, 4) is 5.75 Å². The molecule has 112 valence electrons. The number of rotatable bonds is 6. The van der Waals surface area contributed by atoms with Gasteiger partial charge in [0.25, 0.3) is 0 Å². The van der Waals surface area contributed by atoms with E-state index in [0.29, 0.717) is 5.92 Å². The highest BCUT2D eigenvalue weighted by atomic mass is 19.3. The van der Waals surface area contributed by atoms with Gasteiger partial charge < -0.3 is 15.2 Å². The van der Waals surface area contributed by atoms with Gasteiger partial charge in [0.15, 0.2) is 0 Å². The van der Waals surface area contributed by atoms with Crippen LogP contribution in [0.4, 0.5) is 8.78 Å². The number of aliphatic hydroxyl groups is 1. The van der Waals surface area contributed by atoms with Gasteiger partial charge in [-0.05, 0) is 43.4 Å². The van der Waals surface area contributed by atoms with E-state index in [2.05, 4.69) is 10.1 Å². The first-order valence-electron chi connectivity index (χ1n) is 7.02. The van der Waals surface area contributed by atoms with Crippen LogP contribution in [0.2, 0.25) is 0 Å². The summed E-state index contributed by atoms with van der Waals surface area (Å²) in [6, 6.07) is 6.76. The lowest BCUT2D eigenvalue weighted by atomic mass is 10.0. The van der Waals surface area contributed by atoms with Crippen LogP contribution in [-0.4, -0.2) is 24.4 Å². The molecule has 0 radical (unpaired) electrons. The minimum absolute atomic E-state index is 0.114. The molecule has 0 aliphatic heterocycles. The van der Waals surface area contributed by atoms with E-state index in [-0.39, 0.29) is 17.9 Å². The molecule has 1 aromatic rings. The Hall–Kier alpha value is -1.20. The fourth-order valence-corrected chi connectivity index (χ4v) is 2.64.